The van der Waals surface area contributed by atoms with Crippen molar-refractivity contribution in [2.24, 2.45) is 0 Å². The molecule has 5 nitrogen and oxygen atoms in total. The predicted octanol–water partition coefficient (Wildman–Crippen LogP) is 4.80. The average molecular weight is 354 g/mol. The van der Waals surface area contributed by atoms with Gasteiger partial charge in [0, 0.05) is 18.2 Å². The van der Waals surface area contributed by atoms with E-state index in [0.717, 1.165) is 25.1 Å². The Bertz CT molecular complexity index is 863. The van der Waals surface area contributed by atoms with Crippen LogP contribution in [0.15, 0.2) is 36.5 Å². The highest BCUT2D eigenvalue weighted by molar-refractivity contribution is 5.77. The van der Waals surface area contributed by atoms with Crippen LogP contribution in [0.3, 0.4) is 0 Å². The minimum Gasteiger partial charge on any atom is -0.467 e. The molecule has 1 aromatic carbocycles. The fraction of sp³-hybridized carbons (Fsp3) is 0.350. The van der Waals surface area contributed by atoms with Crippen molar-refractivity contribution < 1.29 is 9.13 Å². The number of ether oxygens (including phenoxy) is 1. The molecule has 0 radical (unpaired) electrons. The van der Waals surface area contributed by atoms with Crippen LogP contribution in [0.5, 0.6) is 6.01 Å². The lowest BCUT2D eigenvalue weighted by molar-refractivity contribution is 0.380. The molecular formula is C20H23FN4O. The van der Waals surface area contributed by atoms with Crippen LogP contribution in [-0.2, 0) is 6.42 Å². The van der Waals surface area contributed by atoms with Gasteiger partial charge in [-0.1, -0.05) is 38.3 Å². The first-order valence-electron chi connectivity index (χ1n) is 8.94. The number of nitrogens with one attached hydrogen (secondary N) is 1. The van der Waals surface area contributed by atoms with Gasteiger partial charge in [0.15, 0.2) is 0 Å². The molecule has 136 valence electrons. The number of aryl methyl sites for hydroxylation is 1. The Morgan fingerprint density at radius 1 is 1.08 bits per heavy atom. The summed E-state index contributed by atoms with van der Waals surface area (Å²) in [6.07, 6.45) is 7.03. The number of benzene rings is 1. The monoisotopic (exact) mass is 354 g/mol. The Morgan fingerprint density at radius 3 is 2.69 bits per heavy atom. The predicted molar refractivity (Wildman–Crippen MR) is 99.4 cm³/mol. The van der Waals surface area contributed by atoms with Gasteiger partial charge in [-0.05, 0) is 24.6 Å². The van der Waals surface area contributed by atoms with Gasteiger partial charge >= 0.3 is 6.01 Å². The molecule has 3 aromatic rings. The van der Waals surface area contributed by atoms with Crippen molar-refractivity contribution in [3.05, 3.63) is 48.2 Å². The minimum atomic E-state index is -0.307. The molecule has 2 heterocycles. The SMILES string of the molecule is CCCCCCc1nc(-c2ccccc2F)c(-c2ccnc(OC)n2)[nH]1. The smallest absolute Gasteiger partial charge is 0.316 e. The van der Waals surface area contributed by atoms with Gasteiger partial charge in [0.1, 0.15) is 17.3 Å². The van der Waals surface area contributed by atoms with Gasteiger partial charge in [-0.3, -0.25) is 0 Å². The summed E-state index contributed by atoms with van der Waals surface area (Å²) in [5.74, 6) is 0.533. The quantitative estimate of drug-likeness (QED) is 0.590. The summed E-state index contributed by atoms with van der Waals surface area (Å²) in [6, 6.07) is 8.68. The highest BCUT2D eigenvalue weighted by Gasteiger charge is 2.18. The van der Waals surface area contributed by atoms with Gasteiger partial charge in [-0.15, -0.1) is 0 Å². The van der Waals surface area contributed by atoms with E-state index in [1.165, 1.54) is 26.0 Å². The van der Waals surface area contributed by atoms with Crippen LogP contribution in [0.1, 0.15) is 38.4 Å². The van der Waals surface area contributed by atoms with Crippen LogP contribution in [0.25, 0.3) is 22.6 Å². The van der Waals surface area contributed by atoms with E-state index in [4.69, 9.17) is 4.74 Å². The molecule has 0 bridgehead atoms. The van der Waals surface area contributed by atoms with Crippen molar-refractivity contribution in [1.82, 2.24) is 19.9 Å². The lowest BCUT2D eigenvalue weighted by Gasteiger charge is -2.04. The van der Waals surface area contributed by atoms with E-state index in [-0.39, 0.29) is 11.8 Å². The Kier molecular flexibility index (Phi) is 5.94. The van der Waals surface area contributed by atoms with Gasteiger partial charge in [0.2, 0.25) is 0 Å². The fourth-order valence-corrected chi connectivity index (χ4v) is 2.87. The summed E-state index contributed by atoms with van der Waals surface area (Å²) in [7, 11) is 1.52. The van der Waals surface area contributed by atoms with Crippen molar-refractivity contribution in [3.8, 4) is 28.7 Å². The first-order valence-corrected chi connectivity index (χ1v) is 8.94. The van der Waals surface area contributed by atoms with Gasteiger partial charge in [-0.25, -0.2) is 14.4 Å². The van der Waals surface area contributed by atoms with Crippen LogP contribution in [0, 0.1) is 5.82 Å². The summed E-state index contributed by atoms with van der Waals surface area (Å²) in [5.41, 5.74) is 2.33. The van der Waals surface area contributed by atoms with Gasteiger partial charge in [0.25, 0.3) is 0 Å². The zero-order valence-electron chi connectivity index (χ0n) is 15.1. The van der Waals surface area contributed by atoms with E-state index in [2.05, 4.69) is 26.9 Å². The van der Waals surface area contributed by atoms with Crippen LogP contribution >= 0.6 is 0 Å². The van der Waals surface area contributed by atoms with Crippen molar-refractivity contribution in [2.75, 3.05) is 7.11 Å². The van der Waals surface area contributed by atoms with Gasteiger partial charge in [0.05, 0.1) is 18.5 Å². The number of unbranched alkanes of at least 4 members (excludes halogenated alkanes) is 3. The Hall–Kier alpha value is -2.76. The third kappa shape index (κ3) is 4.07. The Morgan fingerprint density at radius 2 is 1.92 bits per heavy atom. The number of aromatic amines is 1. The largest absolute Gasteiger partial charge is 0.467 e. The second-order valence-electron chi connectivity index (χ2n) is 6.13. The fourth-order valence-electron chi connectivity index (χ4n) is 2.87. The summed E-state index contributed by atoms with van der Waals surface area (Å²) < 4.78 is 19.5. The van der Waals surface area contributed by atoms with Crippen LogP contribution in [0.4, 0.5) is 4.39 Å². The first kappa shape index (κ1) is 18.0. The van der Waals surface area contributed by atoms with Crippen LogP contribution < -0.4 is 4.74 Å². The van der Waals surface area contributed by atoms with Crippen molar-refractivity contribution in [2.45, 2.75) is 39.0 Å². The zero-order chi connectivity index (χ0) is 18.4. The molecular weight excluding hydrogens is 331 g/mol. The topological polar surface area (TPSA) is 63.7 Å². The normalized spacial score (nSPS) is 10.9. The molecule has 1 N–H and O–H groups in total. The molecule has 3 rings (SSSR count). The summed E-state index contributed by atoms with van der Waals surface area (Å²) in [5, 5.41) is 0. The standard InChI is InChI=1S/C20H23FN4O/c1-3-4-5-6-11-17-24-18(14-9-7-8-10-15(14)21)19(25-17)16-12-13-22-20(23-16)26-2/h7-10,12-13H,3-6,11H2,1-2H3,(H,24,25). The van der Waals surface area contributed by atoms with Crippen molar-refractivity contribution in [1.29, 1.82) is 0 Å². The molecule has 0 atom stereocenters. The Balaban J connectivity index is 2.00. The molecule has 0 unspecified atom stereocenters. The molecule has 0 aliphatic rings. The Labute approximate surface area is 152 Å². The van der Waals surface area contributed by atoms with Gasteiger partial charge < -0.3 is 9.72 Å². The summed E-state index contributed by atoms with van der Waals surface area (Å²) in [6.45, 7) is 2.18. The number of aromatic nitrogens is 4. The molecule has 0 aliphatic heterocycles. The lowest BCUT2D eigenvalue weighted by atomic mass is 10.1. The zero-order valence-corrected chi connectivity index (χ0v) is 15.1. The van der Waals surface area contributed by atoms with Crippen LogP contribution in [-0.4, -0.2) is 27.0 Å². The molecule has 0 amide bonds. The molecule has 0 spiro atoms. The average Bonchev–Trinajstić information content (AvgIpc) is 3.09. The lowest BCUT2D eigenvalue weighted by Crippen LogP contribution is -1.95. The van der Waals surface area contributed by atoms with E-state index in [1.54, 1.807) is 30.5 Å². The third-order valence-electron chi connectivity index (χ3n) is 4.22. The molecule has 0 aliphatic carbocycles. The third-order valence-corrected chi connectivity index (χ3v) is 4.22. The van der Waals surface area contributed by atoms with E-state index in [1.807, 2.05) is 0 Å². The number of H-pyrrole nitrogens is 1. The van der Waals surface area contributed by atoms with Crippen molar-refractivity contribution in [3.63, 3.8) is 0 Å². The maximum atomic E-state index is 14.4. The highest BCUT2D eigenvalue weighted by atomic mass is 19.1. The van der Waals surface area contributed by atoms with E-state index in [0.29, 0.717) is 22.6 Å². The number of halogens is 1. The van der Waals surface area contributed by atoms with Gasteiger partial charge in [-0.2, -0.15) is 4.98 Å². The molecule has 26 heavy (non-hydrogen) atoms. The maximum absolute atomic E-state index is 14.4. The first-order chi connectivity index (χ1) is 12.7. The number of hydrogen-bond donors (Lipinski definition) is 1. The van der Waals surface area contributed by atoms with E-state index < -0.39 is 0 Å². The summed E-state index contributed by atoms with van der Waals surface area (Å²) in [4.78, 5) is 16.4. The molecule has 6 heteroatoms. The molecule has 2 aromatic heterocycles. The second kappa shape index (κ2) is 8.56. The number of methoxy groups -OCH3 is 1. The minimum absolute atomic E-state index is 0.265. The number of rotatable bonds is 8. The van der Waals surface area contributed by atoms with Crippen LogP contribution in [0.2, 0.25) is 0 Å². The molecule has 0 fully saturated rings. The van der Waals surface area contributed by atoms with Crippen molar-refractivity contribution >= 4 is 0 Å². The molecule has 0 saturated carbocycles. The number of hydrogen-bond acceptors (Lipinski definition) is 4. The molecule has 0 saturated heterocycles. The maximum Gasteiger partial charge on any atom is 0.316 e. The number of nitrogens with zero attached hydrogens (tertiary/aromatic N) is 3. The second-order valence-corrected chi connectivity index (χ2v) is 6.13. The van der Waals surface area contributed by atoms with E-state index >= 15 is 0 Å². The highest BCUT2D eigenvalue weighted by Crippen LogP contribution is 2.31. The number of imidazole rings is 1. The van der Waals surface area contributed by atoms with E-state index in [9.17, 15) is 4.39 Å². The summed E-state index contributed by atoms with van der Waals surface area (Å²) >= 11 is 0.